The molecule has 8 nitrogen and oxygen atoms in total. The van der Waals surface area contributed by atoms with E-state index in [-0.39, 0.29) is 19.0 Å². The number of carbonyl (C=O) groups is 2. The van der Waals surface area contributed by atoms with Crippen LogP contribution >= 0.6 is 0 Å². The van der Waals surface area contributed by atoms with E-state index >= 15 is 0 Å². The summed E-state index contributed by atoms with van der Waals surface area (Å²) in [6, 6.07) is 18.2. The summed E-state index contributed by atoms with van der Waals surface area (Å²) in [7, 11) is 1.54. The van der Waals surface area contributed by atoms with Crippen LogP contribution in [0.25, 0.3) is 6.08 Å². The number of carbonyl (C=O) groups excluding carboxylic acids is 2. The summed E-state index contributed by atoms with van der Waals surface area (Å²) in [5, 5.41) is 1.24. The zero-order valence-electron chi connectivity index (χ0n) is 19.7. The molecule has 2 aliphatic rings. The van der Waals surface area contributed by atoms with E-state index in [2.05, 4.69) is 12.0 Å². The number of nitrogens with one attached hydrogen (secondary N) is 1. The minimum atomic E-state index is -0.476. The molecule has 2 heterocycles. The minimum absolute atomic E-state index is 0.0273. The van der Waals surface area contributed by atoms with Crippen molar-refractivity contribution >= 4 is 23.6 Å². The maximum absolute atomic E-state index is 13.0. The van der Waals surface area contributed by atoms with E-state index < -0.39 is 11.8 Å². The predicted octanol–water partition coefficient (Wildman–Crippen LogP) is 4.19. The van der Waals surface area contributed by atoms with Crippen molar-refractivity contribution in [1.29, 1.82) is 0 Å². The van der Waals surface area contributed by atoms with Crippen LogP contribution in [0.4, 0.5) is 5.69 Å². The third-order valence-electron chi connectivity index (χ3n) is 5.78. The number of hydrogen-bond donors (Lipinski definition) is 1. The Morgan fingerprint density at radius 1 is 1.06 bits per heavy atom. The van der Waals surface area contributed by atoms with Gasteiger partial charge in [-0.3, -0.25) is 15.0 Å². The number of para-hydroxylation sites is 1. The third-order valence-corrected chi connectivity index (χ3v) is 5.78. The normalized spacial score (nSPS) is 15.2. The van der Waals surface area contributed by atoms with Crippen LogP contribution in [0.3, 0.4) is 0 Å². The van der Waals surface area contributed by atoms with Gasteiger partial charge in [-0.25, -0.2) is 5.01 Å². The molecule has 0 unspecified atom stereocenters. The standard InChI is InChI=1S/C28H24N2O6/c1-3-7-20-12-19(13-22-27(31)29-30(28(22)32)21-8-5-4-6-9-21)15-25(33-2)26(20)34-16-18-10-11-23-24(14-18)36-17-35-23/h3-6,8-15H,1,7,16-17H2,2H3,(H,29,31). The lowest BCUT2D eigenvalue weighted by molar-refractivity contribution is -0.117. The number of hydrazine groups is 1. The Balaban J connectivity index is 1.43. The Bertz CT molecular complexity index is 1370. The topological polar surface area (TPSA) is 86.3 Å². The Morgan fingerprint density at radius 3 is 2.64 bits per heavy atom. The molecule has 0 aliphatic carbocycles. The number of methoxy groups -OCH3 is 1. The van der Waals surface area contributed by atoms with Crippen LogP contribution < -0.4 is 29.4 Å². The summed E-state index contributed by atoms with van der Waals surface area (Å²) in [5.74, 6) is 1.52. The van der Waals surface area contributed by atoms with Crippen molar-refractivity contribution in [2.75, 3.05) is 18.9 Å². The zero-order chi connectivity index (χ0) is 25.1. The van der Waals surface area contributed by atoms with Crippen LogP contribution in [0, 0.1) is 0 Å². The van der Waals surface area contributed by atoms with Crippen molar-refractivity contribution in [2.45, 2.75) is 13.0 Å². The Morgan fingerprint density at radius 2 is 1.86 bits per heavy atom. The molecule has 3 aromatic rings. The average molecular weight is 485 g/mol. The van der Waals surface area contributed by atoms with Gasteiger partial charge in [-0.1, -0.05) is 30.3 Å². The van der Waals surface area contributed by atoms with Gasteiger partial charge < -0.3 is 18.9 Å². The second-order valence-electron chi connectivity index (χ2n) is 8.16. The Labute approximate surface area is 208 Å². The molecule has 0 radical (unpaired) electrons. The van der Waals surface area contributed by atoms with Crippen molar-refractivity contribution in [2.24, 2.45) is 0 Å². The molecule has 3 aromatic carbocycles. The van der Waals surface area contributed by atoms with Crippen LogP contribution in [0.15, 0.2) is 78.9 Å². The molecule has 1 saturated heterocycles. The van der Waals surface area contributed by atoms with Gasteiger partial charge in [0.2, 0.25) is 6.79 Å². The van der Waals surface area contributed by atoms with Crippen molar-refractivity contribution in [3.05, 3.63) is 95.6 Å². The summed E-state index contributed by atoms with van der Waals surface area (Å²) >= 11 is 0. The summed E-state index contributed by atoms with van der Waals surface area (Å²) in [6.07, 6.45) is 3.81. The monoisotopic (exact) mass is 484 g/mol. The maximum atomic E-state index is 13.0. The molecule has 0 saturated carbocycles. The molecule has 1 N–H and O–H groups in total. The van der Waals surface area contributed by atoms with Crippen LogP contribution in [0.5, 0.6) is 23.0 Å². The highest BCUT2D eigenvalue weighted by Gasteiger charge is 2.34. The van der Waals surface area contributed by atoms with E-state index in [1.54, 1.807) is 49.6 Å². The van der Waals surface area contributed by atoms with Gasteiger partial charge in [0.1, 0.15) is 12.2 Å². The summed E-state index contributed by atoms with van der Waals surface area (Å²) in [5.41, 5.74) is 5.57. The second kappa shape index (κ2) is 9.87. The first-order valence-corrected chi connectivity index (χ1v) is 11.3. The van der Waals surface area contributed by atoms with E-state index in [9.17, 15) is 9.59 Å². The van der Waals surface area contributed by atoms with Crippen LogP contribution in [-0.4, -0.2) is 25.7 Å². The number of hydrogen-bond acceptors (Lipinski definition) is 6. The van der Waals surface area contributed by atoms with E-state index in [0.717, 1.165) is 11.1 Å². The molecule has 1 fully saturated rings. The van der Waals surface area contributed by atoms with Crippen molar-refractivity contribution in [1.82, 2.24) is 5.43 Å². The van der Waals surface area contributed by atoms with E-state index in [0.29, 0.717) is 40.7 Å². The largest absolute Gasteiger partial charge is 0.493 e. The SMILES string of the molecule is C=CCc1cc(C=C2C(=O)NN(c3ccccc3)C2=O)cc(OC)c1OCc1ccc2c(c1)OCO2. The maximum Gasteiger partial charge on any atom is 0.282 e. The molecule has 2 aliphatic heterocycles. The van der Waals surface area contributed by atoms with E-state index in [1.807, 2.05) is 30.3 Å². The molecule has 5 rings (SSSR count). The molecule has 0 atom stereocenters. The molecule has 0 bridgehead atoms. The number of benzene rings is 3. The lowest BCUT2D eigenvalue weighted by Crippen LogP contribution is -2.35. The highest BCUT2D eigenvalue weighted by Crippen LogP contribution is 2.37. The lowest BCUT2D eigenvalue weighted by Gasteiger charge is -2.16. The molecular weight excluding hydrogens is 460 g/mol. The molecule has 36 heavy (non-hydrogen) atoms. The first kappa shape index (κ1) is 23.0. The van der Waals surface area contributed by atoms with Crippen LogP contribution in [0.1, 0.15) is 16.7 Å². The quantitative estimate of drug-likeness (QED) is 0.293. The molecular formula is C28H24N2O6. The second-order valence-corrected chi connectivity index (χ2v) is 8.16. The Kier molecular flexibility index (Phi) is 6.32. The van der Waals surface area contributed by atoms with Gasteiger partial charge in [0, 0.05) is 5.56 Å². The van der Waals surface area contributed by atoms with Gasteiger partial charge in [-0.2, -0.15) is 0 Å². The zero-order valence-corrected chi connectivity index (χ0v) is 19.7. The van der Waals surface area contributed by atoms with Crippen LogP contribution in [-0.2, 0) is 22.6 Å². The lowest BCUT2D eigenvalue weighted by atomic mass is 10.0. The highest BCUT2D eigenvalue weighted by molar-refractivity contribution is 6.31. The number of nitrogens with zero attached hydrogens (tertiary/aromatic N) is 1. The molecule has 0 spiro atoms. The smallest absolute Gasteiger partial charge is 0.282 e. The minimum Gasteiger partial charge on any atom is -0.493 e. The number of anilines is 1. The van der Waals surface area contributed by atoms with Gasteiger partial charge in [0.05, 0.1) is 12.8 Å². The highest BCUT2D eigenvalue weighted by atomic mass is 16.7. The van der Waals surface area contributed by atoms with Crippen molar-refractivity contribution < 1.29 is 28.5 Å². The molecule has 2 amide bonds. The van der Waals surface area contributed by atoms with Gasteiger partial charge in [-0.05, 0) is 60.0 Å². The predicted molar refractivity (Wildman–Crippen MR) is 134 cm³/mol. The Hall–Kier alpha value is -4.72. The molecule has 0 aromatic heterocycles. The van der Waals surface area contributed by atoms with Gasteiger partial charge in [-0.15, -0.1) is 6.58 Å². The summed E-state index contributed by atoms with van der Waals surface area (Å²) in [6.45, 7) is 4.33. The van der Waals surface area contributed by atoms with Crippen molar-refractivity contribution in [3.8, 4) is 23.0 Å². The number of rotatable bonds is 8. The first-order valence-electron chi connectivity index (χ1n) is 11.3. The number of ether oxygens (including phenoxy) is 4. The van der Waals surface area contributed by atoms with Gasteiger partial charge >= 0.3 is 0 Å². The molecule has 182 valence electrons. The van der Waals surface area contributed by atoms with E-state index in [4.69, 9.17) is 18.9 Å². The van der Waals surface area contributed by atoms with Gasteiger partial charge in [0.25, 0.3) is 11.8 Å². The first-order chi connectivity index (χ1) is 17.6. The number of amides is 2. The van der Waals surface area contributed by atoms with Gasteiger partial charge in [0.15, 0.2) is 23.0 Å². The number of allylic oxidation sites excluding steroid dienone is 1. The summed E-state index contributed by atoms with van der Waals surface area (Å²) in [4.78, 5) is 25.6. The van der Waals surface area contributed by atoms with Crippen LogP contribution in [0.2, 0.25) is 0 Å². The fourth-order valence-electron chi connectivity index (χ4n) is 4.06. The fourth-order valence-corrected chi connectivity index (χ4v) is 4.06. The molecule has 8 heteroatoms. The number of fused-ring (bicyclic) bond motifs is 1. The van der Waals surface area contributed by atoms with E-state index in [1.165, 1.54) is 5.01 Å². The fraction of sp³-hybridized carbons (Fsp3) is 0.143. The van der Waals surface area contributed by atoms with Crippen molar-refractivity contribution in [3.63, 3.8) is 0 Å². The average Bonchev–Trinajstić information content (AvgIpc) is 3.48. The summed E-state index contributed by atoms with van der Waals surface area (Å²) < 4.78 is 22.6. The third kappa shape index (κ3) is 4.48.